The van der Waals surface area contributed by atoms with Crippen molar-refractivity contribution >= 4 is 23.7 Å². The fraction of sp³-hybridized carbons (Fsp3) is 0.500. The second kappa shape index (κ2) is 7.55. The lowest BCUT2D eigenvalue weighted by molar-refractivity contribution is -0.120. The first-order chi connectivity index (χ1) is 11.7. The molecule has 0 aliphatic carbocycles. The van der Waals surface area contributed by atoms with Gasteiger partial charge in [-0.1, -0.05) is 12.1 Å². The SMILES string of the molecule is COC(=O)c1ccccc1NC(=O)[C@@H]1CCCN1C(=O)OC(C)(C)C. The number of hydrogen-bond donors (Lipinski definition) is 1. The van der Waals surface area contributed by atoms with Crippen LogP contribution in [0, 0.1) is 0 Å². The van der Waals surface area contributed by atoms with Crippen LogP contribution in [0.3, 0.4) is 0 Å². The number of likely N-dealkylation sites (tertiary alicyclic amines) is 1. The molecule has 0 saturated carbocycles. The summed E-state index contributed by atoms with van der Waals surface area (Å²) in [6, 6.07) is 5.96. The lowest BCUT2D eigenvalue weighted by atomic mass is 10.1. The van der Waals surface area contributed by atoms with E-state index in [-0.39, 0.29) is 11.5 Å². The standard InChI is InChI=1S/C18H24N2O5/c1-18(2,3)25-17(23)20-11-7-10-14(20)15(21)19-13-9-6-5-8-12(13)16(22)24-4/h5-6,8-9,14H,7,10-11H2,1-4H3,(H,19,21)/t14-/m0/s1. The summed E-state index contributed by atoms with van der Waals surface area (Å²) in [7, 11) is 1.28. The topological polar surface area (TPSA) is 84.9 Å². The van der Waals surface area contributed by atoms with Crippen LogP contribution >= 0.6 is 0 Å². The zero-order chi connectivity index (χ0) is 18.6. The van der Waals surface area contributed by atoms with Crippen molar-refractivity contribution in [1.82, 2.24) is 4.90 Å². The number of carbonyl (C=O) groups excluding carboxylic acids is 3. The molecule has 25 heavy (non-hydrogen) atoms. The van der Waals surface area contributed by atoms with Crippen LogP contribution in [0.4, 0.5) is 10.5 Å². The quantitative estimate of drug-likeness (QED) is 0.849. The van der Waals surface area contributed by atoms with Gasteiger partial charge >= 0.3 is 12.1 Å². The molecular formula is C18H24N2O5. The smallest absolute Gasteiger partial charge is 0.410 e. The van der Waals surface area contributed by atoms with Gasteiger partial charge in [0.05, 0.1) is 18.4 Å². The van der Waals surface area contributed by atoms with Crippen LogP contribution in [0.5, 0.6) is 0 Å². The van der Waals surface area contributed by atoms with E-state index in [2.05, 4.69) is 5.32 Å². The first kappa shape index (κ1) is 18.8. The molecule has 1 fully saturated rings. The summed E-state index contributed by atoms with van der Waals surface area (Å²) in [5.74, 6) is -0.883. The fourth-order valence-corrected chi connectivity index (χ4v) is 2.67. The average Bonchev–Trinajstić information content (AvgIpc) is 3.03. The van der Waals surface area contributed by atoms with Gasteiger partial charge in [-0.2, -0.15) is 0 Å². The number of methoxy groups -OCH3 is 1. The van der Waals surface area contributed by atoms with Crippen molar-refractivity contribution < 1.29 is 23.9 Å². The molecule has 1 N–H and O–H groups in total. The summed E-state index contributed by atoms with van der Waals surface area (Å²) in [5, 5.41) is 2.73. The summed E-state index contributed by atoms with van der Waals surface area (Å²) in [6.07, 6.45) is 0.757. The first-order valence-corrected chi connectivity index (χ1v) is 8.21. The van der Waals surface area contributed by atoms with Crippen molar-refractivity contribution in [2.45, 2.75) is 45.3 Å². The van der Waals surface area contributed by atoms with Gasteiger partial charge in [0.25, 0.3) is 0 Å². The summed E-state index contributed by atoms with van der Waals surface area (Å²) in [4.78, 5) is 38.2. The van der Waals surface area contributed by atoms with E-state index in [9.17, 15) is 14.4 Å². The van der Waals surface area contributed by atoms with Gasteiger partial charge in [-0.15, -0.1) is 0 Å². The van der Waals surface area contributed by atoms with E-state index in [4.69, 9.17) is 9.47 Å². The highest BCUT2D eigenvalue weighted by Crippen LogP contribution is 2.23. The number of carbonyl (C=O) groups is 3. The maximum absolute atomic E-state index is 12.6. The third-order valence-corrected chi connectivity index (χ3v) is 3.77. The fourth-order valence-electron chi connectivity index (χ4n) is 2.67. The van der Waals surface area contributed by atoms with Crippen LogP contribution in [-0.2, 0) is 14.3 Å². The number of hydrogen-bond acceptors (Lipinski definition) is 5. The minimum absolute atomic E-state index is 0.264. The van der Waals surface area contributed by atoms with Gasteiger partial charge in [0.15, 0.2) is 0 Å². The Hall–Kier alpha value is -2.57. The van der Waals surface area contributed by atoms with Crippen LogP contribution in [0.2, 0.25) is 0 Å². The lowest BCUT2D eigenvalue weighted by Crippen LogP contribution is -2.45. The van der Waals surface area contributed by atoms with Crippen molar-refractivity contribution in [2.24, 2.45) is 0 Å². The van der Waals surface area contributed by atoms with Gasteiger partial charge in [-0.05, 0) is 45.7 Å². The number of esters is 1. The molecule has 0 unspecified atom stereocenters. The Morgan fingerprint density at radius 2 is 1.88 bits per heavy atom. The van der Waals surface area contributed by atoms with Crippen molar-refractivity contribution in [1.29, 1.82) is 0 Å². The van der Waals surface area contributed by atoms with Crippen molar-refractivity contribution in [3.8, 4) is 0 Å². The minimum atomic E-state index is -0.627. The van der Waals surface area contributed by atoms with Gasteiger partial charge in [-0.25, -0.2) is 9.59 Å². The van der Waals surface area contributed by atoms with E-state index in [0.717, 1.165) is 6.42 Å². The number of benzene rings is 1. The molecule has 7 nitrogen and oxygen atoms in total. The van der Waals surface area contributed by atoms with E-state index >= 15 is 0 Å². The zero-order valence-electron chi connectivity index (χ0n) is 15.0. The predicted octanol–water partition coefficient (Wildman–Crippen LogP) is 2.81. The van der Waals surface area contributed by atoms with Crippen LogP contribution in [0.25, 0.3) is 0 Å². The molecule has 0 bridgehead atoms. The number of amides is 2. The van der Waals surface area contributed by atoms with E-state index < -0.39 is 23.7 Å². The number of nitrogens with zero attached hydrogens (tertiary/aromatic N) is 1. The van der Waals surface area contributed by atoms with Crippen LogP contribution < -0.4 is 5.32 Å². The summed E-state index contributed by atoms with van der Waals surface area (Å²) < 4.78 is 10.1. The highest BCUT2D eigenvalue weighted by Gasteiger charge is 2.36. The van der Waals surface area contributed by atoms with E-state index in [1.165, 1.54) is 12.0 Å². The summed E-state index contributed by atoms with van der Waals surface area (Å²) in [5.41, 5.74) is -0.00592. The maximum Gasteiger partial charge on any atom is 0.410 e. The third kappa shape index (κ3) is 4.71. The van der Waals surface area contributed by atoms with Crippen molar-refractivity contribution in [3.05, 3.63) is 29.8 Å². The maximum atomic E-state index is 12.6. The van der Waals surface area contributed by atoms with Gasteiger partial charge in [0.2, 0.25) is 5.91 Å². The van der Waals surface area contributed by atoms with Crippen LogP contribution in [0.1, 0.15) is 44.0 Å². The molecule has 1 atom stereocenters. The van der Waals surface area contributed by atoms with Gasteiger partial charge in [-0.3, -0.25) is 9.69 Å². The Kier molecular flexibility index (Phi) is 5.66. The molecule has 1 heterocycles. The molecule has 7 heteroatoms. The van der Waals surface area contributed by atoms with Gasteiger partial charge in [0, 0.05) is 6.54 Å². The Balaban J connectivity index is 2.13. The Morgan fingerprint density at radius 1 is 1.20 bits per heavy atom. The molecule has 2 amide bonds. The normalized spacial score (nSPS) is 17.1. The lowest BCUT2D eigenvalue weighted by Gasteiger charge is -2.28. The van der Waals surface area contributed by atoms with E-state index in [1.807, 2.05) is 0 Å². The van der Waals surface area contributed by atoms with E-state index in [1.54, 1.807) is 45.0 Å². The molecule has 1 aromatic carbocycles. The largest absolute Gasteiger partial charge is 0.465 e. The molecule has 1 aliphatic heterocycles. The highest BCUT2D eigenvalue weighted by molar-refractivity contribution is 6.03. The minimum Gasteiger partial charge on any atom is -0.465 e. The Labute approximate surface area is 147 Å². The molecule has 0 aromatic heterocycles. The first-order valence-electron chi connectivity index (χ1n) is 8.21. The molecule has 0 radical (unpaired) electrons. The molecule has 0 spiro atoms. The predicted molar refractivity (Wildman–Crippen MR) is 92.4 cm³/mol. The second-order valence-corrected chi connectivity index (χ2v) is 6.86. The molecule has 2 rings (SSSR count). The number of para-hydroxylation sites is 1. The molecule has 136 valence electrons. The van der Waals surface area contributed by atoms with E-state index in [0.29, 0.717) is 18.7 Å². The molecule has 1 saturated heterocycles. The van der Waals surface area contributed by atoms with Gasteiger partial charge < -0.3 is 14.8 Å². The van der Waals surface area contributed by atoms with Crippen LogP contribution in [0.15, 0.2) is 24.3 Å². The number of nitrogens with one attached hydrogen (secondary N) is 1. The molecular weight excluding hydrogens is 324 g/mol. The molecule has 1 aliphatic rings. The summed E-state index contributed by atoms with van der Waals surface area (Å²) >= 11 is 0. The second-order valence-electron chi connectivity index (χ2n) is 6.86. The number of anilines is 1. The zero-order valence-corrected chi connectivity index (χ0v) is 15.0. The third-order valence-electron chi connectivity index (χ3n) is 3.77. The Morgan fingerprint density at radius 3 is 2.52 bits per heavy atom. The highest BCUT2D eigenvalue weighted by atomic mass is 16.6. The van der Waals surface area contributed by atoms with Crippen molar-refractivity contribution in [3.63, 3.8) is 0 Å². The number of ether oxygens (including phenoxy) is 2. The molecule has 1 aromatic rings. The van der Waals surface area contributed by atoms with Crippen molar-refractivity contribution in [2.75, 3.05) is 19.0 Å². The monoisotopic (exact) mass is 348 g/mol. The Bertz CT molecular complexity index is 666. The van der Waals surface area contributed by atoms with Gasteiger partial charge in [0.1, 0.15) is 11.6 Å². The van der Waals surface area contributed by atoms with Crippen LogP contribution in [-0.4, -0.2) is 48.2 Å². The number of rotatable bonds is 3. The average molecular weight is 348 g/mol. The summed E-state index contributed by atoms with van der Waals surface area (Å²) in [6.45, 7) is 5.81.